The summed E-state index contributed by atoms with van der Waals surface area (Å²) >= 11 is 0. The fourth-order valence-corrected chi connectivity index (χ4v) is 9.87. The molecule has 0 aliphatic carbocycles. The number of nitrogens with zero attached hydrogens (tertiary/aromatic N) is 5. The summed E-state index contributed by atoms with van der Waals surface area (Å²) in [4.78, 5) is 16.1. The van der Waals surface area contributed by atoms with Crippen molar-refractivity contribution in [1.29, 1.82) is 0 Å². The Hall–Kier alpha value is -7.51. The van der Waals surface area contributed by atoms with E-state index in [-0.39, 0.29) is 0 Å². The van der Waals surface area contributed by atoms with Crippen LogP contribution in [0.5, 0.6) is 0 Å². The lowest BCUT2D eigenvalue weighted by Gasteiger charge is -2.20. The van der Waals surface area contributed by atoms with Crippen LogP contribution in [0.25, 0.3) is 111 Å². The molecule has 0 N–H and O–H groups in total. The average molecular weight is 789 g/mol. The summed E-state index contributed by atoms with van der Waals surface area (Å²) < 4.78 is 11.3. The Labute approximate surface area is 362 Å². The molecular formula is C51H36B5N5O. The first kappa shape index (κ1) is 36.4. The van der Waals surface area contributed by atoms with Crippen LogP contribution in [-0.4, -0.2) is 63.3 Å². The van der Waals surface area contributed by atoms with E-state index < -0.39 is 0 Å². The molecule has 4 aromatic heterocycles. The standard InChI is InChI=1S/C51H36B5N5O/c52-44-43(45(53)47(55)48(56)46(44)54)50-57-49(58-51(59-50)61-37-18-8-5-13-30(37)31-14-6-9-19-38(31)61)35-16-10-20-40-42(35)34-24-22-29(26-41(34)62-40)60-36-17-7-4-15-32(36)33-23-21-28(25-39(33)60)27-11-2-1-3-12-27/h1-26H,52-56H2. The summed E-state index contributed by atoms with van der Waals surface area (Å²) in [6, 6.07) is 55.8. The van der Waals surface area contributed by atoms with Gasteiger partial charge in [0.1, 0.15) is 50.4 Å². The average Bonchev–Trinajstić information content (AvgIpc) is 3.97. The van der Waals surface area contributed by atoms with E-state index in [1.807, 2.05) is 12.1 Å². The fraction of sp³-hybridized carbons (Fsp3) is 0. The summed E-state index contributed by atoms with van der Waals surface area (Å²) in [5.41, 5.74) is 17.4. The number of aromatic nitrogens is 5. The molecule has 0 unspecified atom stereocenters. The zero-order chi connectivity index (χ0) is 41.8. The summed E-state index contributed by atoms with van der Waals surface area (Å²) in [5, 5.41) is 6.70. The lowest BCUT2D eigenvalue weighted by Crippen LogP contribution is -2.55. The number of rotatable bonds is 5. The first-order chi connectivity index (χ1) is 30.3. The molecule has 0 spiro atoms. The second-order valence-electron chi connectivity index (χ2n) is 16.6. The Morgan fingerprint density at radius 1 is 0.387 bits per heavy atom. The molecule has 0 saturated heterocycles. The van der Waals surface area contributed by atoms with Gasteiger partial charge < -0.3 is 8.98 Å². The van der Waals surface area contributed by atoms with Crippen LogP contribution in [0.2, 0.25) is 0 Å². The minimum Gasteiger partial charge on any atom is -0.456 e. The summed E-state index contributed by atoms with van der Waals surface area (Å²) in [7, 11) is 11.0. The normalized spacial score (nSPS) is 11.9. The maximum atomic E-state index is 6.80. The molecule has 12 rings (SSSR count). The smallest absolute Gasteiger partial charge is 0.238 e. The van der Waals surface area contributed by atoms with Gasteiger partial charge in [0.05, 0.1) is 22.1 Å². The van der Waals surface area contributed by atoms with Crippen molar-refractivity contribution >= 4 is 132 Å². The molecule has 11 heteroatoms. The molecule has 4 heterocycles. The zero-order valence-electron chi connectivity index (χ0n) is 35.2. The topological polar surface area (TPSA) is 61.7 Å². The number of fused-ring (bicyclic) bond motifs is 9. The van der Waals surface area contributed by atoms with Crippen molar-refractivity contribution in [3.63, 3.8) is 0 Å². The quantitative estimate of drug-likeness (QED) is 0.245. The van der Waals surface area contributed by atoms with Crippen LogP contribution in [0.4, 0.5) is 0 Å². The molecule has 62 heavy (non-hydrogen) atoms. The summed E-state index contributed by atoms with van der Waals surface area (Å²) in [5.74, 6) is 1.82. The minimum atomic E-state index is 0.574. The second kappa shape index (κ2) is 13.8. The minimum absolute atomic E-state index is 0.574. The fourth-order valence-electron chi connectivity index (χ4n) is 9.87. The zero-order valence-corrected chi connectivity index (χ0v) is 35.2. The van der Waals surface area contributed by atoms with Gasteiger partial charge in [-0.3, -0.25) is 4.57 Å². The Bertz CT molecular complexity index is 3750. The van der Waals surface area contributed by atoms with Crippen LogP contribution in [0, 0.1) is 0 Å². The molecule has 0 saturated carbocycles. The molecule has 0 amide bonds. The Morgan fingerprint density at radius 3 is 1.63 bits per heavy atom. The molecule has 6 nitrogen and oxygen atoms in total. The van der Waals surface area contributed by atoms with Crippen LogP contribution >= 0.6 is 0 Å². The lowest BCUT2D eigenvalue weighted by molar-refractivity contribution is 0.668. The number of benzene rings is 8. The monoisotopic (exact) mass is 789 g/mol. The molecule has 0 atom stereocenters. The van der Waals surface area contributed by atoms with Crippen LogP contribution < -0.4 is 27.3 Å². The van der Waals surface area contributed by atoms with Gasteiger partial charge >= 0.3 is 0 Å². The first-order valence-corrected chi connectivity index (χ1v) is 21.2. The molecule has 0 aliphatic rings. The summed E-state index contributed by atoms with van der Waals surface area (Å²) in [6.07, 6.45) is 0. The number of hydrogen-bond acceptors (Lipinski definition) is 4. The van der Waals surface area contributed by atoms with E-state index in [0.29, 0.717) is 17.6 Å². The Kier molecular flexibility index (Phi) is 8.07. The van der Waals surface area contributed by atoms with E-state index in [4.69, 9.17) is 19.4 Å². The van der Waals surface area contributed by atoms with E-state index >= 15 is 0 Å². The Morgan fingerprint density at radius 2 is 0.952 bits per heavy atom. The molecule has 0 radical (unpaired) electrons. The second-order valence-corrected chi connectivity index (χ2v) is 16.6. The number of para-hydroxylation sites is 3. The van der Waals surface area contributed by atoms with E-state index in [1.165, 1.54) is 49.2 Å². The highest BCUT2D eigenvalue weighted by Crippen LogP contribution is 2.40. The molecular weight excluding hydrogens is 753 g/mol. The van der Waals surface area contributed by atoms with Gasteiger partial charge in [-0.15, -0.1) is 16.4 Å². The highest BCUT2D eigenvalue weighted by Gasteiger charge is 2.23. The van der Waals surface area contributed by atoms with Crippen molar-refractivity contribution in [2.75, 3.05) is 0 Å². The van der Waals surface area contributed by atoms with Crippen LogP contribution in [0.15, 0.2) is 162 Å². The molecule has 8 aromatic carbocycles. The van der Waals surface area contributed by atoms with E-state index in [1.54, 1.807) is 0 Å². The lowest BCUT2D eigenvalue weighted by atomic mass is 9.60. The van der Waals surface area contributed by atoms with Gasteiger partial charge in [0.25, 0.3) is 0 Å². The van der Waals surface area contributed by atoms with Gasteiger partial charge in [-0.1, -0.05) is 120 Å². The summed E-state index contributed by atoms with van der Waals surface area (Å²) in [6.45, 7) is 0. The van der Waals surface area contributed by atoms with E-state index in [2.05, 4.69) is 194 Å². The maximum absolute atomic E-state index is 6.80. The first-order valence-electron chi connectivity index (χ1n) is 21.2. The van der Waals surface area contributed by atoms with Crippen molar-refractivity contribution in [3.05, 3.63) is 158 Å². The van der Waals surface area contributed by atoms with Gasteiger partial charge in [-0.2, -0.15) is 9.97 Å². The molecule has 0 aliphatic heterocycles. The van der Waals surface area contributed by atoms with E-state index in [0.717, 1.165) is 71.6 Å². The highest BCUT2D eigenvalue weighted by molar-refractivity contribution is 6.68. The van der Waals surface area contributed by atoms with Crippen molar-refractivity contribution in [2.45, 2.75) is 0 Å². The molecule has 12 aromatic rings. The number of hydrogen-bond donors (Lipinski definition) is 0. The van der Waals surface area contributed by atoms with Gasteiger partial charge in [-0.05, 0) is 53.6 Å². The number of furan rings is 1. The van der Waals surface area contributed by atoms with Crippen LogP contribution in [0.3, 0.4) is 0 Å². The SMILES string of the molecule is Bc1c(B)c(B)c(-c2nc(-c3cccc4oc5cc(-n6c7ccccc7c7ccc(-c8ccccc8)cc76)ccc5c34)nc(-n3c4ccccc4c4ccccc43)n2)c(B)c1B. The largest absolute Gasteiger partial charge is 0.456 e. The predicted octanol–water partition coefficient (Wildman–Crippen LogP) is 4.26. The Balaban J connectivity index is 1.10. The van der Waals surface area contributed by atoms with Crippen LogP contribution in [0.1, 0.15) is 0 Å². The maximum Gasteiger partial charge on any atom is 0.238 e. The van der Waals surface area contributed by atoms with E-state index in [9.17, 15) is 0 Å². The van der Waals surface area contributed by atoms with Gasteiger partial charge in [0.2, 0.25) is 5.95 Å². The van der Waals surface area contributed by atoms with Crippen molar-refractivity contribution in [3.8, 4) is 45.5 Å². The van der Waals surface area contributed by atoms with Crippen LogP contribution in [-0.2, 0) is 0 Å². The molecule has 0 fully saturated rings. The third kappa shape index (κ3) is 5.34. The third-order valence-electron chi connectivity index (χ3n) is 13.4. The van der Waals surface area contributed by atoms with Crippen molar-refractivity contribution in [2.24, 2.45) is 0 Å². The molecule has 286 valence electrons. The third-order valence-corrected chi connectivity index (χ3v) is 13.4. The van der Waals surface area contributed by atoms with Crippen molar-refractivity contribution in [1.82, 2.24) is 24.1 Å². The molecule has 0 bridgehead atoms. The van der Waals surface area contributed by atoms with Crippen molar-refractivity contribution < 1.29 is 4.42 Å². The van der Waals surface area contributed by atoms with Gasteiger partial charge in [0.15, 0.2) is 11.6 Å². The van der Waals surface area contributed by atoms with Gasteiger partial charge in [-0.25, -0.2) is 4.98 Å². The highest BCUT2D eigenvalue weighted by atomic mass is 16.3. The predicted molar refractivity (Wildman–Crippen MR) is 273 cm³/mol. The van der Waals surface area contributed by atoms with Gasteiger partial charge in [0, 0.05) is 55.2 Å².